The van der Waals surface area contributed by atoms with Crippen molar-refractivity contribution in [3.05, 3.63) is 41.9 Å². The normalized spacial score (nSPS) is 21.6. The first-order chi connectivity index (χ1) is 19.2. The summed E-state index contributed by atoms with van der Waals surface area (Å²) in [6, 6.07) is 7.95. The summed E-state index contributed by atoms with van der Waals surface area (Å²) in [5, 5.41) is 13.5. The van der Waals surface area contributed by atoms with Gasteiger partial charge in [0.25, 0.3) is 5.91 Å². The number of carbonyl (C=O) groups excluding carboxylic acids is 1. The third-order valence-electron chi connectivity index (χ3n) is 7.19. The Morgan fingerprint density at radius 3 is 2.85 bits per heavy atom. The Hall–Kier alpha value is -3.63. The van der Waals surface area contributed by atoms with Crippen LogP contribution in [0, 0.1) is 11.8 Å². The Bertz CT molecular complexity index is 1470. The van der Waals surface area contributed by atoms with Crippen LogP contribution < -0.4 is 20.7 Å². The zero-order valence-electron chi connectivity index (χ0n) is 22.3. The van der Waals surface area contributed by atoms with E-state index in [4.69, 9.17) is 4.74 Å². The van der Waals surface area contributed by atoms with Crippen LogP contribution in [0.3, 0.4) is 0 Å². The molecule has 0 aliphatic carbocycles. The van der Waals surface area contributed by atoms with E-state index in [1.54, 1.807) is 12.1 Å². The molecule has 5 heterocycles. The number of hydrogen-bond acceptors (Lipinski definition) is 8. The molecular weight excluding hydrogens is 543 g/mol. The van der Waals surface area contributed by atoms with Crippen LogP contribution in [0.4, 0.5) is 24.7 Å². The Morgan fingerprint density at radius 2 is 2.12 bits per heavy atom. The van der Waals surface area contributed by atoms with E-state index in [1.165, 1.54) is 30.9 Å². The van der Waals surface area contributed by atoms with Crippen LogP contribution in [0.5, 0.6) is 5.75 Å². The molecule has 5 rings (SSSR count). The molecule has 2 saturated heterocycles. The predicted octanol–water partition coefficient (Wildman–Crippen LogP) is 4.21. The zero-order chi connectivity index (χ0) is 28.4. The van der Waals surface area contributed by atoms with E-state index in [-0.39, 0.29) is 46.5 Å². The molecule has 0 aromatic carbocycles. The summed E-state index contributed by atoms with van der Waals surface area (Å²) < 4.78 is 47.4. The molecule has 212 valence electrons. The van der Waals surface area contributed by atoms with E-state index >= 15 is 0 Å². The zero-order valence-corrected chi connectivity index (χ0v) is 23.1. The number of ether oxygens (including phenoxy) is 1. The number of anilines is 2. The van der Waals surface area contributed by atoms with Crippen LogP contribution in [0.25, 0.3) is 5.52 Å². The van der Waals surface area contributed by atoms with Gasteiger partial charge in [0.2, 0.25) is 0 Å². The van der Waals surface area contributed by atoms with E-state index in [9.17, 15) is 18.0 Å². The maximum atomic E-state index is 13.5. The van der Waals surface area contributed by atoms with E-state index in [0.29, 0.717) is 34.9 Å². The number of methoxy groups -OCH3 is 1. The molecule has 13 heteroatoms. The Labute approximate surface area is 234 Å². The van der Waals surface area contributed by atoms with Gasteiger partial charge in [-0.15, -0.1) is 0 Å². The van der Waals surface area contributed by atoms with Crippen molar-refractivity contribution in [3.63, 3.8) is 0 Å². The van der Waals surface area contributed by atoms with Gasteiger partial charge in [-0.3, -0.25) is 9.69 Å². The van der Waals surface area contributed by atoms with Crippen LogP contribution in [0.15, 0.2) is 35.4 Å². The van der Waals surface area contributed by atoms with Gasteiger partial charge in [-0.1, -0.05) is 18.9 Å². The van der Waals surface area contributed by atoms with Gasteiger partial charge < -0.3 is 20.7 Å². The van der Waals surface area contributed by atoms with Gasteiger partial charge >= 0.3 is 5.51 Å². The molecular formula is C27H30F3N7O2S. The number of piperidine rings is 1. The molecule has 0 radical (unpaired) electrons. The number of amides is 1. The number of hydrogen-bond donors (Lipinski definition) is 3. The first-order valence-corrected chi connectivity index (χ1v) is 13.8. The van der Waals surface area contributed by atoms with E-state index in [2.05, 4.69) is 49.7 Å². The standard InChI is InChI=1S/C27H30F3N7O2S/c1-4-16-10-11-17(22-15-36(16)22)34-24-9-5-8-21-25(40-27(28,29)30)18(35-37(21)24)7-6-12-32-20-14-33-19(26(38)31-2)13-23(20)39-3/h5,8-9,13-14,16-17,22,32,34H,4,10-12,15H2,1-3H3,(H,31,38)/t16-,17+,22+,36?/m0/s1. The second-order valence-corrected chi connectivity index (χ2v) is 10.7. The summed E-state index contributed by atoms with van der Waals surface area (Å²) in [5.41, 5.74) is -3.44. The summed E-state index contributed by atoms with van der Waals surface area (Å²) in [6.07, 6.45) is 4.65. The van der Waals surface area contributed by atoms with Crippen LogP contribution in [-0.4, -0.2) is 76.3 Å². The van der Waals surface area contributed by atoms with Crippen LogP contribution in [0.2, 0.25) is 0 Å². The summed E-state index contributed by atoms with van der Waals surface area (Å²) in [4.78, 5) is 18.4. The fourth-order valence-corrected chi connectivity index (χ4v) is 5.87. The predicted molar refractivity (Wildman–Crippen MR) is 148 cm³/mol. The molecule has 0 spiro atoms. The van der Waals surface area contributed by atoms with E-state index in [0.717, 1.165) is 25.8 Å². The van der Waals surface area contributed by atoms with E-state index < -0.39 is 5.51 Å². The van der Waals surface area contributed by atoms with Gasteiger partial charge in [0.05, 0.1) is 36.0 Å². The van der Waals surface area contributed by atoms with Gasteiger partial charge in [0.15, 0.2) is 0 Å². The Morgan fingerprint density at radius 1 is 1.30 bits per heavy atom. The van der Waals surface area contributed by atoms with Crippen molar-refractivity contribution < 1.29 is 22.7 Å². The first kappa shape index (κ1) is 27.9. The molecule has 2 aliphatic rings. The van der Waals surface area contributed by atoms with Crippen molar-refractivity contribution in [2.24, 2.45) is 0 Å². The number of aromatic nitrogens is 3. The Kier molecular flexibility index (Phi) is 8.00. The highest BCUT2D eigenvalue weighted by Crippen LogP contribution is 2.42. The summed E-state index contributed by atoms with van der Waals surface area (Å²) in [5.74, 6) is 6.33. The molecule has 3 aromatic rings. The minimum Gasteiger partial charge on any atom is -0.494 e. The number of halogens is 3. The van der Waals surface area contributed by atoms with Crippen molar-refractivity contribution >= 4 is 34.7 Å². The Balaban J connectivity index is 1.37. The van der Waals surface area contributed by atoms with Crippen LogP contribution in [-0.2, 0) is 0 Å². The lowest BCUT2D eigenvalue weighted by Gasteiger charge is -2.29. The number of nitrogens with zero attached hydrogens (tertiary/aromatic N) is 4. The highest BCUT2D eigenvalue weighted by molar-refractivity contribution is 8.00. The molecule has 2 fully saturated rings. The minimum atomic E-state index is -4.50. The van der Waals surface area contributed by atoms with Crippen molar-refractivity contribution in [2.75, 3.05) is 37.9 Å². The fraction of sp³-hybridized carbons (Fsp3) is 0.444. The smallest absolute Gasteiger partial charge is 0.446 e. The number of rotatable bonds is 8. The highest BCUT2D eigenvalue weighted by atomic mass is 32.2. The molecule has 0 saturated carbocycles. The summed E-state index contributed by atoms with van der Waals surface area (Å²) in [6.45, 7) is 3.33. The lowest BCUT2D eigenvalue weighted by atomic mass is 9.98. The fourth-order valence-electron chi connectivity index (χ4n) is 5.19. The van der Waals surface area contributed by atoms with Gasteiger partial charge in [-0.05, 0) is 49.1 Å². The molecule has 3 aromatic heterocycles. The molecule has 40 heavy (non-hydrogen) atoms. The van der Waals surface area contributed by atoms with Crippen molar-refractivity contribution in [1.82, 2.24) is 24.8 Å². The monoisotopic (exact) mass is 573 g/mol. The second kappa shape index (κ2) is 11.5. The quantitative estimate of drug-likeness (QED) is 0.210. The highest BCUT2D eigenvalue weighted by Gasteiger charge is 2.47. The third-order valence-corrected chi connectivity index (χ3v) is 8.03. The largest absolute Gasteiger partial charge is 0.494 e. The molecule has 0 bridgehead atoms. The van der Waals surface area contributed by atoms with Gasteiger partial charge in [-0.25, -0.2) is 9.50 Å². The maximum absolute atomic E-state index is 13.5. The SMILES string of the molecule is CC[C@H]1CC[C@@H](Nc2cccc3c(SC(F)(F)F)c(C#CCNc4cnc(C(=O)NC)cc4OC)nn23)[C@H]2CN12. The average molecular weight is 574 g/mol. The van der Waals surface area contributed by atoms with Gasteiger partial charge in [0, 0.05) is 37.8 Å². The second-order valence-electron chi connectivity index (χ2n) is 9.59. The molecule has 4 atom stereocenters. The molecule has 2 aliphatic heterocycles. The van der Waals surface area contributed by atoms with E-state index in [1.807, 2.05) is 6.07 Å². The number of carbonyl (C=O) groups is 1. The summed E-state index contributed by atoms with van der Waals surface area (Å²) >= 11 is -0.213. The number of thioether (sulfide) groups is 1. The van der Waals surface area contributed by atoms with Crippen LogP contribution in [0.1, 0.15) is 42.4 Å². The molecule has 1 unspecified atom stereocenters. The van der Waals surface area contributed by atoms with Crippen molar-refractivity contribution in [1.29, 1.82) is 0 Å². The van der Waals surface area contributed by atoms with Crippen LogP contribution >= 0.6 is 11.8 Å². The number of pyridine rings is 2. The van der Waals surface area contributed by atoms with Crippen molar-refractivity contribution in [3.8, 4) is 17.6 Å². The molecule has 3 N–H and O–H groups in total. The molecule has 9 nitrogen and oxygen atoms in total. The topological polar surface area (TPSA) is 95.6 Å². The first-order valence-electron chi connectivity index (χ1n) is 13.0. The molecule has 1 amide bonds. The average Bonchev–Trinajstić information content (AvgIpc) is 3.68. The number of alkyl halides is 3. The minimum absolute atomic E-state index is 0.0411. The third kappa shape index (κ3) is 5.93. The lowest BCUT2D eigenvalue weighted by molar-refractivity contribution is -0.0327. The summed E-state index contributed by atoms with van der Waals surface area (Å²) in [7, 11) is 2.96. The number of fused-ring (bicyclic) bond motifs is 2. The maximum Gasteiger partial charge on any atom is 0.446 e. The van der Waals surface area contributed by atoms with Crippen molar-refractivity contribution in [2.45, 2.75) is 54.7 Å². The van der Waals surface area contributed by atoms with Gasteiger partial charge in [-0.2, -0.15) is 18.3 Å². The van der Waals surface area contributed by atoms with Gasteiger partial charge in [0.1, 0.15) is 23.0 Å². The number of nitrogens with one attached hydrogen (secondary N) is 3. The lowest BCUT2D eigenvalue weighted by Crippen LogP contribution is -2.38.